The van der Waals surface area contributed by atoms with Crippen LogP contribution in [-0.2, 0) is 4.79 Å². The van der Waals surface area contributed by atoms with Gasteiger partial charge in [0.2, 0.25) is 0 Å². The van der Waals surface area contributed by atoms with E-state index in [0.717, 1.165) is 27.6 Å². The van der Waals surface area contributed by atoms with Gasteiger partial charge < -0.3 is 9.47 Å². The molecule has 0 atom stereocenters. The van der Waals surface area contributed by atoms with Crippen molar-refractivity contribution in [1.29, 1.82) is 0 Å². The third kappa shape index (κ3) is 4.19. The molecule has 0 spiro atoms. The van der Waals surface area contributed by atoms with E-state index in [9.17, 15) is 4.79 Å². The van der Waals surface area contributed by atoms with Crippen molar-refractivity contribution in [3.05, 3.63) is 71.8 Å². The molecule has 0 bridgehead atoms. The number of hydrogen-bond acceptors (Lipinski definition) is 4. The first-order valence-electron chi connectivity index (χ1n) is 8.24. The van der Waals surface area contributed by atoms with Crippen LogP contribution < -0.4 is 14.9 Å². The Labute approximate surface area is 152 Å². The maximum Gasteiger partial charge on any atom is 0.277 e. The van der Waals surface area contributed by atoms with Crippen molar-refractivity contribution in [1.82, 2.24) is 5.43 Å². The normalized spacial score (nSPS) is 10.8. The number of methoxy groups -OCH3 is 1. The van der Waals surface area contributed by atoms with Crippen molar-refractivity contribution >= 4 is 22.9 Å². The fourth-order valence-electron chi connectivity index (χ4n) is 2.57. The number of carbonyl (C=O) groups excluding carboxylic acids is 1. The molecule has 0 heterocycles. The highest BCUT2D eigenvalue weighted by Crippen LogP contribution is 2.27. The summed E-state index contributed by atoms with van der Waals surface area (Å²) in [7, 11) is 1.64. The SMILES string of the molecule is COc1ccc(/C=N/NC(=O)COc2ccc(C)cc2)c2ccccc12. The molecule has 0 aromatic heterocycles. The third-order valence-electron chi connectivity index (χ3n) is 3.92. The van der Waals surface area contributed by atoms with Gasteiger partial charge in [-0.3, -0.25) is 4.79 Å². The van der Waals surface area contributed by atoms with E-state index in [4.69, 9.17) is 9.47 Å². The number of aryl methyl sites for hydroxylation is 1. The number of amides is 1. The van der Waals surface area contributed by atoms with Crippen LogP contribution in [0.15, 0.2) is 65.8 Å². The van der Waals surface area contributed by atoms with Gasteiger partial charge in [0, 0.05) is 10.9 Å². The highest BCUT2D eigenvalue weighted by atomic mass is 16.5. The van der Waals surface area contributed by atoms with E-state index in [-0.39, 0.29) is 12.5 Å². The van der Waals surface area contributed by atoms with Crippen molar-refractivity contribution in [2.24, 2.45) is 5.10 Å². The molecule has 132 valence electrons. The van der Waals surface area contributed by atoms with Gasteiger partial charge in [-0.25, -0.2) is 5.43 Å². The Balaban J connectivity index is 1.62. The smallest absolute Gasteiger partial charge is 0.277 e. The molecule has 3 rings (SSSR count). The Kier molecular flexibility index (Phi) is 5.49. The van der Waals surface area contributed by atoms with Crippen molar-refractivity contribution < 1.29 is 14.3 Å². The molecule has 5 heteroatoms. The van der Waals surface area contributed by atoms with E-state index in [2.05, 4.69) is 10.5 Å². The molecule has 0 unspecified atom stereocenters. The number of benzene rings is 3. The maximum absolute atomic E-state index is 11.9. The van der Waals surface area contributed by atoms with Gasteiger partial charge >= 0.3 is 0 Å². The summed E-state index contributed by atoms with van der Waals surface area (Å²) >= 11 is 0. The van der Waals surface area contributed by atoms with E-state index in [0.29, 0.717) is 5.75 Å². The minimum Gasteiger partial charge on any atom is -0.496 e. The van der Waals surface area contributed by atoms with E-state index < -0.39 is 0 Å². The minimum atomic E-state index is -0.320. The van der Waals surface area contributed by atoms with E-state index in [1.54, 1.807) is 13.3 Å². The molecule has 0 saturated heterocycles. The number of fused-ring (bicyclic) bond motifs is 1. The summed E-state index contributed by atoms with van der Waals surface area (Å²) in [4.78, 5) is 11.9. The zero-order chi connectivity index (χ0) is 18.4. The summed E-state index contributed by atoms with van der Waals surface area (Å²) < 4.78 is 10.8. The summed E-state index contributed by atoms with van der Waals surface area (Å²) in [6.45, 7) is 1.90. The lowest BCUT2D eigenvalue weighted by Gasteiger charge is -2.08. The van der Waals surface area contributed by atoms with Crippen LogP contribution in [0.1, 0.15) is 11.1 Å². The van der Waals surface area contributed by atoms with Crippen LogP contribution in [0.5, 0.6) is 11.5 Å². The number of nitrogens with zero attached hydrogens (tertiary/aromatic N) is 1. The summed E-state index contributed by atoms with van der Waals surface area (Å²) in [6, 6.07) is 19.2. The van der Waals surface area contributed by atoms with Gasteiger partial charge in [0.15, 0.2) is 6.61 Å². The fraction of sp³-hybridized carbons (Fsp3) is 0.143. The molecule has 0 aliphatic carbocycles. The zero-order valence-electron chi connectivity index (χ0n) is 14.7. The maximum atomic E-state index is 11.9. The first kappa shape index (κ1) is 17.5. The highest BCUT2D eigenvalue weighted by Gasteiger charge is 2.05. The van der Waals surface area contributed by atoms with Crippen LogP contribution in [0.4, 0.5) is 0 Å². The van der Waals surface area contributed by atoms with Gasteiger partial charge in [0.1, 0.15) is 11.5 Å². The quantitative estimate of drug-likeness (QED) is 0.546. The molecular formula is C21H20N2O3. The van der Waals surface area contributed by atoms with Crippen molar-refractivity contribution in [3.8, 4) is 11.5 Å². The standard InChI is InChI=1S/C21H20N2O3/c1-15-7-10-17(11-8-15)26-14-21(24)23-22-13-16-9-12-20(25-2)19-6-4-3-5-18(16)19/h3-13H,14H2,1-2H3,(H,23,24)/b22-13+. The minimum absolute atomic E-state index is 0.0935. The first-order valence-corrected chi connectivity index (χ1v) is 8.24. The Morgan fingerprint density at radius 2 is 1.77 bits per heavy atom. The predicted molar refractivity (Wildman–Crippen MR) is 103 cm³/mol. The monoisotopic (exact) mass is 348 g/mol. The lowest BCUT2D eigenvalue weighted by Crippen LogP contribution is -2.24. The number of hydrazone groups is 1. The molecule has 1 amide bonds. The Morgan fingerprint density at radius 1 is 1.04 bits per heavy atom. The number of carbonyl (C=O) groups is 1. The molecule has 5 nitrogen and oxygen atoms in total. The van der Waals surface area contributed by atoms with Gasteiger partial charge in [0.25, 0.3) is 5.91 Å². The van der Waals surface area contributed by atoms with Crippen LogP contribution in [-0.4, -0.2) is 25.8 Å². The average Bonchev–Trinajstić information content (AvgIpc) is 2.67. The molecule has 0 aliphatic heterocycles. The van der Waals surface area contributed by atoms with Gasteiger partial charge in [-0.05, 0) is 36.6 Å². The lowest BCUT2D eigenvalue weighted by molar-refractivity contribution is -0.123. The number of ether oxygens (including phenoxy) is 2. The molecule has 3 aromatic rings. The van der Waals surface area contributed by atoms with E-state index in [1.165, 1.54) is 0 Å². The number of rotatable bonds is 6. The third-order valence-corrected chi connectivity index (χ3v) is 3.92. The lowest BCUT2D eigenvalue weighted by atomic mass is 10.0. The summed E-state index contributed by atoms with van der Waals surface area (Å²) in [6.07, 6.45) is 1.62. The molecular weight excluding hydrogens is 328 g/mol. The first-order chi connectivity index (χ1) is 12.7. The summed E-state index contributed by atoms with van der Waals surface area (Å²) in [5.74, 6) is 1.13. The van der Waals surface area contributed by atoms with Gasteiger partial charge in [-0.1, -0.05) is 42.0 Å². The van der Waals surface area contributed by atoms with E-state index >= 15 is 0 Å². The Hall–Kier alpha value is -3.34. The van der Waals surface area contributed by atoms with Gasteiger partial charge in [0.05, 0.1) is 13.3 Å². The number of hydrogen-bond donors (Lipinski definition) is 1. The van der Waals surface area contributed by atoms with Crippen LogP contribution in [0.25, 0.3) is 10.8 Å². The molecule has 0 radical (unpaired) electrons. The fourth-order valence-corrected chi connectivity index (χ4v) is 2.57. The second-order valence-corrected chi connectivity index (χ2v) is 5.80. The van der Waals surface area contributed by atoms with Gasteiger partial charge in [-0.2, -0.15) is 5.10 Å². The molecule has 3 aromatic carbocycles. The second kappa shape index (κ2) is 8.16. The van der Waals surface area contributed by atoms with Gasteiger partial charge in [-0.15, -0.1) is 0 Å². The van der Waals surface area contributed by atoms with E-state index in [1.807, 2.05) is 67.6 Å². The van der Waals surface area contributed by atoms with Crippen molar-refractivity contribution in [3.63, 3.8) is 0 Å². The summed E-state index contributed by atoms with van der Waals surface area (Å²) in [5, 5.41) is 6.02. The largest absolute Gasteiger partial charge is 0.496 e. The van der Waals surface area contributed by atoms with Crippen LogP contribution in [0.3, 0.4) is 0 Å². The highest BCUT2D eigenvalue weighted by molar-refractivity contribution is 6.02. The Morgan fingerprint density at radius 3 is 2.50 bits per heavy atom. The molecule has 0 saturated carbocycles. The molecule has 26 heavy (non-hydrogen) atoms. The molecule has 1 N–H and O–H groups in total. The van der Waals surface area contributed by atoms with Crippen molar-refractivity contribution in [2.45, 2.75) is 6.92 Å². The van der Waals surface area contributed by atoms with Crippen LogP contribution in [0, 0.1) is 6.92 Å². The number of nitrogens with one attached hydrogen (secondary N) is 1. The van der Waals surface area contributed by atoms with Crippen LogP contribution in [0.2, 0.25) is 0 Å². The van der Waals surface area contributed by atoms with Crippen LogP contribution >= 0.6 is 0 Å². The topological polar surface area (TPSA) is 59.9 Å². The average molecular weight is 348 g/mol. The zero-order valence-corrected chi connectivity index (χ0v) is 14.7. The molecule has 0 fully saturated rings. The summed E-state index contributed by atoms with van der Waals surface area (Å²) in [5.41, 5.74) is 4.51. The second-order valence-electron chi connectivity index (χ2n) is 5.80. The Bertz CT molecular complexity index is 934. The predicted octanol–water partition coefficient (Wildman–Crippen LogP) is 3.69. The molecule has 0 aliphatic rings. The van der Waals surface area contributed by atoms with Crippen molar-refractivity contribution in [2.75, 3.05) is 13.7 Å².